The van der Waals surface area contributed by atoms with Crippen LogP contribution in [-0.4, -0.2) is 19.5 Å². The number of furan rings is 1. The Morgan fingerprint density at radius 2 is 2.31 bits per heavy atom. The van der Waals surface area contributed by atoms with Gasteiger partial charge in [0.05, 0.1) is 0 Å². The van der Waals surface area contributed by atoms with Gasteiger partial charge in [-0.2, -0.15) is 0 Å². The van der Waals surface area contributed by atoms with Gasteiger partial charge in [0.25, 0.3) is 0 Å². The fourth-order valence-electron chi connectivity index (χ4n) is 0.940. The van der Waals surface area contributed by atoms with E-state index in [4.69, 9.17) is 4.42 Å². The molecule has 0 aliphatic rings. The Labute approximate surface area is 77.3 Å². The van der Waals surface area contributed by atoms with Gasteiger partial charge in [-0.3, -0.25) is 10.1 Å². The van der Waals surface area contributed by atoms with E-state index >= 15 is 0 Å². The van der Waals surface area contributed by atoms with Crippen LogP contribution in [0.3, 0.4) is 0 Å². The monoisotopic (exact) mass is 182 g/mol. The summed E-state index contributed by atoms with van der Waals surface area (Å²) in [5.41, 5.74) is 0. The van der Waals surface area contributed by atoms with Crippen LogP contribution in [0, 0.1) is 6.92 Å². The normalized spacial score (nSPS) is 10.0. The number of hydrogen-bond acceptors (Lipinski definition) is 3. The topological polar surface area (TPSA) is 54.3 Å². The molecule has 0 radical (unpaired) electrons. The summed E-state index contributed by atoms with van der Waals surface area (Å²) in [5.74, 6) is 1.27. The van der Waals surface area contributed by atoms with Crippen molar-refractivity contribution in [2.75, 3.05) is 18.9 Å². The van der Waals surface area contributed by atoms with Gasteiger partial charge in [-0.25, -0.2) is 0 Å². The lowest BCUT2D eigenvalue weighted by Gasteiger charge is -2.00. The van der Waals surface area contributed by atoms with Gasteiger partial charge >= 0.3 is 0 Å². The molecular weight excluding hydrogens is 168 g/mol. The maximum Gasteiger partial charge on any atom is 0.227 e. The maximum atomic E-state index is 11.2. The van der Waals surface area contributed by atoms with Crippen molar-refractivity contribution in [2.45, 2.75) is 13.3 Å². The average molecular weight is 182 g/mol. The van der Waals surface area contributed by atoms with Gasteiger partial charge in [-0.15, -0.1) is 0 Å². The van der Waals surface area contributed by atoms with Crippen LogP contribution >= 0.6 is 0 Å². The highest BCUT2D eigenvalue weighted by molar-refractivity contribution is 5.89. The summed E-state index contributed by atoms with van der Waals surface area (Å²) in [7, 11) is 1.81. The Balaban J connectivity index is 2.36. The van der Waals surface area contributed by atoms with E-state index in [1.165, 1.54) is 0 Å². The quantitative estimate of drug-likeness (QED) is 0.734. The Kier molecular flexibility index (Phi) is 3.52. The Hall–Kier alpha value is -1.29. The van der Waals surface area contributed by atoms with E-state index in [9.17, 15) is 4.79 Å². The minimum absolute atomic E-state index is 0.0382. The van der Waals surface area contributed by atoms with Crippen LogP contribution in [0.15, 0.2) is 16.5 Å². The van der Waals surface area contributed by atoms with Crippen molar-refractivity contribution in [3.8, 4) is 0 Å². The molecule has 13 heavy (non-hydrogen) atoms. The number of nitrogens with one attached hydrogen (secondary N) is 2. The zero-order valence-corrected chi connectivity index (χ0v) is 7.89. The van der Waals surface area contributed by atoms with Crippen LogP contribution in [0.2, 0.25) is 0 Å². The molecule has 4 heteroatoms. The molecule has 0 atom stereocenters. The van der Waals surface area contributed by atoms with Gasteiger partial charge in [0, 0.05) is 19.0 Å². The average Bonchev–Trinajstić information content (AvgIpc) is 2.48. The second kappa shape index (κ2) is 4.67. The molecule has 0 saturated heterocycles. The van der Waals surface area contributed by atoms with E-state index in [1.807, 2.05) is 20.0 Å². The summed E-state index contributed by atoms with van der Waals surface area (Å²) >= 11 is 0. The van der Waals surface area contributed by atoms with Crippen molar-refractivity contribution in [3.05, 3.63) is 17.9 Å². The van der Waals surface area contributed by atoms with Gasteiger partial charge in [0.1, 0.15) is 5.76 Å². The third-order valence-corrected chi connectivity index (χ3v) is 1.61. The molecular formula is C9H14N2O2. The van der Waals surface area contributed by atoms with Crippen molar-refractivity contribution < 1.29 is 9.21 Å². The van der Waals surface area contributed by atoms with Crippen molar-refractivity contribution >= 4 is 11.8 Å². The van der Waals surface area contributed by atoms with E-state index in [2.05, 4.69) is 10.6 Å². The molecule has 0 aliphatic carbocycles. The van der Waals surface area contributed by atoms with Crippen molar-refractivity contribution in [2.24, 2.45) is 0 Å². The standard InChI is InChI=1S/C9H14N2O2/c1-7-3-4-9(13-7)11-8(12)5-6-10-2/h3-4,10H,5-6H2,1-2H3,(H,11,12). The predicted octanol–water partition coefficient (Wildman–Crippen LogP) is 1.14. The van der Waals surface area contributed by atoms with Crippen LogP contribution in [0.25, 0.3) is 0 Å². The van der Waals surface area contributed by atoms with Gasteiger partial charge in [0.2, 0.25) is 5.91 Å². The molecule has 4 nitrogen and oxygen atoms in total. The predicted molar refractivity (Wildman–Crippen MR) is 50.6 cm³/mol. The first kappa shape index (κ1) is 9.80. The summed E-state index contributed by atoms with van der Waals surface area (Å²) in [6.45, 7) is 2.51. The number of amides is 1. The van der Waals surface area contributed by atoms with Crippen LogP contribution in [-0.2, 0) is 4.79 Å². The number of anilines is 1. The minimum Gasteiger partial charge on any atom is -0.446 e. The highest BCUT2D eigenvalue weighted by Gasteiger charge is 2.03. The SMILES string of the molecule is CNCCC(=O)Nc1ccc(C)o1. The van der Waals surface area contributed by atoms with Crippen LogP contribution in [0.4, 0.5) is 5.88 Å². The van der Waals surface area contributed by atoms with Crippen LogP contribution < -0.4 is 10.6 Å². The fourth-order valence-corrected chi connectivity index (χ4v) is 0.940. The smallest absolute Gasteiger partial charge is 0.227 e. The molecule has 1 rings (SSSR count). The number of aryl methyl sites for hydroxylation is 1. The second-order valence-corrected chi connectivity index (χ2v) is 2.81. The Morgan fingerprint density at radius 3 is 2.85 bits per heavy atom. The van der Waals surface area contributed by atoms with Crippen LogP contribution in [0.5, 0.6) is 0 Å². The van der Waals surface area contributed by atoms with Crippen molar-refractivity contribution in [3.63, 3.8) is 0 Å². The van der Waals surface area contributed by atoms with E-state index in [0.717, 1.165) is 5.76 Å². The van der Waals surface area contributed by atoms with E-state index in [-0.39, 0.29) is 5.91 Å². The first-order valence-electron chi connectivity index (χ1n) is 4.23. The third kappa shape index (κ3) is 3.29. The van der Waals surface area contributed by atoms with E-state index in [1.54, 1.807) is 6.07 Å². The Bertz CT molecular complexity index is 281. The molecule has 1 amide bonds. The lowest BCUT2D eigenvalue weighted by atomic mass is 10.4. The first-order chi connectivity index (χ1) is 6.22. The molecule has 1 heterocycles. The molecule has 1 aromatic rings. The summed E-state index contributed by atoms with van der Waals surface area (Å²) in [6, 6.07) is 3.56. The third-order valence-electron chi connectivity index (χ3n) is 1.61. The molecule has 0 saturated carbocycles. The Morgan fingerprint density at radius 1 is 1.54 bits per heavy atom. The number of carbonyl (C=O) groups excluding carboxylic acids is 1. The molecule has 0 aliphatic heterocycles. The van der Waals surface area contributed by atoms with Gasteiger partial charge in [-0.05, 0) is 20.0 Å². The number of rotatable bonds is 4. The second-order valence-electron chi connectivity index (χ2n) is 2.81. The van der Waals surface area contributed by atoms with E-state index < -0.39 is 0 Å². The van der Waals surface area contributed by atoms with Gasteiger partial charge < -0.3 is 9.73 Å². The number of hydrogen-bond donors (Lipinski definition) is 2. The summed E-state index contributed by atoms with van der Waals surface area (Å²) < 4.78 is 5.18. The zero-order valence-electron chi connectivity index (χ0n) is 7.89. The molecule has 0 bridgehead atoms. The fraction of sp³-hybridized carbons (Fsp3) is 0.444. The highest BCUT2D eigenvalue weighted by Crippen LogP contribution is 2.11. The van der Waals surface area contributed by atoms with Crippen molar-refractivity contribution in [1.82, 2.24) is 5.32 Å². The van der Waals surface area contributed by atoms with E-state index in [0.29, 0.717) is 18.8 Å². The molecule has 0 unspecified atom stereocenters. The summed E-state index contributed by atoms with van der Waals surface area (Å²) in [5, 5.41) is 5.55. The van der Waals surface area contributed by atoms with Crippen molar-refractivity contribution in [1.29, 1.82) is 0 Å². The van der Waals surface area contributed by atoms with Gasteiger partial charge in [0.15, 0.2) is 5.88 Å². The highest BCUT2D eigenvalue weighted by atomic mass is 16.4. The lowest BCUT2D eigenvalue weighted by Crippen LogP contribution is -2.18. The maximum absolute atomic E-state index is 11.2. The van der Waals surface area contributed by atoms with Gasteiger partial charge in [-0.1, -0.05) is 0 Å². The largest absolute Gasteiger partial charge is 0.446 e. The zero-order chi connectivity index (χ0) is 9.68. The van der Waals surface area contributed by atoms with Crippen LogP contribution in [0.1, 0.15) is 12.2 Å². The molecule has 2 N–H and O–H groups in total. The number of carbonyl (C=O) groups is 1. The lowest BCUT2D eigenvalue weighted by molar-refractivity contribution is -0.116. The minimum atomic E-state index is -0.0382. The molecule has 0 aromatic carbocycles. The molecule has 72 valence electrons. The summed E-state index contributed by atoms with van der Waals surface area (Å²) in [6.07, 6.45) is 0.455. The molecule has 0 spiro atoms. The molecule has 0 fully saturated rings. The first-order valence-corrected chi connectivity index (χ1v) is 4.23. The summed E-state index contributed by atoms with van der Waals surface area (Å²) in [4.78, 5) is 11.2. The molecule has 1 aromatic heterocycles.